The van der Waals surface area contributed by atoms with Gasteiger partial charge in [-0.1, -0.05) is 30.3 Å². The summed E-state index contributed by atoms with van der Waals surface area (Å²) in [6.07, 6.45) is 3.86. The molecule has 3 rings (SSSR count). The van der Waals surface area contributed by atoms with E-state index in [0.29, 0.717) is 31.1 Å². The molecule has 2 heterocycles. The molecule has 0 radical (unpaired) electrons. The molecule has 1 aromatic carbocycles. The molecule has 0 saturated carbocycles. The summed E-state index contributed by atoms with van der Waals surface area (Å²) in [4.78, 5) is 38.8. The number of carboxylic acids is 1. The maximum absolute atomic E-state index is 13.1. The monoisotopic (exact) mass is 419 g/mol. The van der Waals surface area contributed by atoms with Crippen LogP contribution in [0, 0.1) is 22.0 Å². The van der Waals surface area contributed by atoms with Gasteiger partial charge < -0.3 is 14.9 Å². The smallest absolute Gasteiger partial charge is 0.309 e. The lowest BCUT2D eigenvalue weighted by Gasteiger charge is -2.38. The third-order valence-corrected chi connectivity index (χ3v) is 6.54. The quantitative estimate of drug-likeness (QED) is 0.558. The molecule has 1 aromatic rings. The highest BCUT2D eigenvalue weighted by atomic mass is 32.2. The first-order valence-electron chi connectivity index (χ1n) is 9.61. The molecule has 2 saturated heterocycles. The summed E-state index contributed by atoms with van der Waals surface area (Å²) in [6, 6.07) is 10.0. The molecule has 1 amide bonds. The van der Waals surface area contributed by atoms with Crippen LogP contribution in [-0.4, -0.2) is 64.1 Å². The minimum absolute atomic E-state index is 0.0994. The zero-order valence-electron chi connectivity index (χ0n) is 16.3. The van der Waals surface area contributed by atoms with Crippen LogP contribution in [0.5, 0.6) is 0 Å². The van der Waals surface area contributed by atoms with E-state index in [9.17, 15) is 24.8 Å². The lowest BCUT2D eigenvalue weighted by atomic mass is 9.84. The van der Waals surface area contributed by atoms with Crippen molar-refractivity contribution in [2.75, 3.05) is 32.4 Å². The summed E-state index contributed by atoms with van der Waals surface area (Å²) in [7, 11) is 0. The average molecular weight is 420 g/mol. The zero-order chi connectivity index (χ0) is 21.0. The number of piperidine rings is 1. The summed E-state index contributed by atoms with van der Waals surface area (Å²) in [6.45, 7) is 1.76. The number of nitrogens with zero attached hydrogens (tertiary/aromatic N) is 3. The fourth-order valence-corrected chi connectivity index (χ4v) is 4.86. The fourth-order valence-electron chi connectivity index (χ4n) is 4.24. The Morgan fingerprint density at radius 1 is 1.14 bits per heavy atom. The molecule has 0 aromatic heterocycles. The van der Waals surface area contributed by atoms with Gasteiger partial charge in [0.1, 0.15) is 5.03 Å². The van der Waals surface area contributed by atoms with Crippen LogP contribution in [0.25, 0.3) is 0 Å². The van der Waals surface area contributed by atoms with Crippen molar-refractivity contribution in [3.8, 4) is 0 Å². The summed E-state index contributed by atoms with van der Waals surface area (Å²) < 4.78 is 0. The lowest BCUT2D eigenvalue weighted by Crippen LogP contribution is -2.49. The predicted octanol–water partition coefficient (Wildman–Crippen LogP) is 2.46. The number of nitro groups is 1. The van der Waals surface area contributed by atoms with Crippen LogP contribution in [0.1, 0.15) is 24.3 Å². The Hall–Kier alpha value is -2.55. The van der Waals surface area contributed by atoms with Crippen molar-refractivity contribution in [2.24, 2.45) is 11.8 Å². The van der Waals surface area contributed by atoms with Gasteiger partial charge in [-0.25, -0.2) is 0 Å². The Labute approximate surface area is 173 Å². The molecular formula is C20H25N3O5S. The molecule has 0 spiro atoms. The summed E-state index contributed by atoms with van der Waals surface area (Å²) in [5.41, 5.74) is 1.20. The van der Waals surface area contributed by atoms with E-state index in [-0.39, 0.29) is 18.4 Å². The minimum Gasteiger partial charge on any atom is -0.481 e. The van der Waals surface area contributed by atoms with Crippen molar-refractivity contribution >= 4 is 23.6 Å². The molecule has 0 aliphatic carbocycles. The fraction of sp³-hybridized carbons (Fsp3) is 0.500. The number of likely N-dealkylation sites (tertiary alicyclic amines) is 2. The second-order valence-corrected chi connectivity index (χ2v) is 8.25. The second-order valence-electron chi connectivity index (χ2n) is 7.42. The normalized spacial score (nSPS) is 25.1. The average Bonchev–Trinajstić information content (AvgIpc) is 3.22. The Morgan fingerprint density at radius 2 is 1.83 bits per heavy atom. The number of carbonyl (C=O) groups excluding carboxylic acids is 1. The van der Waals surface area contributed by atoms with Crippen LogP contribution in [0.3, 0.4) is 0 Å². The van der Waals surface area contributed by atoms with Crippen LogP contribution >= 0.6 is 11.8 Å². The van der Waals surface area contributed by atoms with E-state index in [4.69, 9.17) is 0 Å². The standard InChI is InChI=1S/C20H25N3O5S/c1-29-18(13-23(27)28)21-10-8-16(17(12-21)20(25)26)19(24)22-9-7-15(11-22)14-5-3-2-4-6-14/h2-6,13,15-17H,7-12H2,1H3,(H,25,26)/t15-,16-,17-/m0/s1. The van der Waals surface area contributed by atoms with Gasteiger partial charge in [-0.05, 0) is 24.7 Å². The number of aliphatic carboxylic acids is 1. The zero-order valence-corrected chi connectivity index (χ0v) is 17.1. The Bertz CT molecular complexity index is 801. The van der Waals surface area contributed by atoms with Gasteiger partial charge in [0.15, 0.2) is 0 Å². The molecule has 156 valence electrons. The number of rotatable bonds is 6. The second kappa shape index (κ2) is 9.30. The van der Waals surface area contributed by atoms with Crippen molar-refractivity contribution in [3.05, 3.63) is 57.2 Å². The number of carboxylic acid groups (broad SMARTS) is 1. The number of thioether (sulfide) groups is 1. The van der Waals surface area contributed by atoms with Gasteiger partial charge in [-0.15, -0.1) is 11.8 Å². The largest absolute Gasteiger partial charge is 0.481 e. The van der Waals surface area contributed by atoms with Crippen molar-refractivity contribution in [2.45, 2.75) is 18.8 Å². The van der Waals surface area contributed by atoms with Crippen LogP contribution < -0.4 is 0 Å². The first kappa shape index (κ1) is 21.2. The van der Waals surface area contributed by atoms with E-state index < -0.39 is 22.7 Å². The topological polar surface area (TPSA) is 104 Å². The van der Waals surface area contributed by atoms with Gasteiger partial charge in [-0.3, -0.25) is 19.7 Å². The number of benzene rings is 1. The number of hydrogen-bond donors (Lipinski definition) is 1. The lowest BCUT2D eigenvalue weighted by molar-refractivity contribution is -0.403. The molecule has 1 N–H and O–H groups in total. The van der Waals surface area contributed by atoms with E-state index >= 15 is 0 Å². The van der Waals surface area contributed by atoms with Gasteiger partial charge in [-0.2, -0.15) is 0 Å². The number of amides is 1. The van der Waals surface area contributed by atoms with Gasteiger partial charge in [0, 0.05) is 32.1 Å². The van der Waals surface area contributed by atoms with Crippen molar-refractivity contribution in [1.82, 2.24) is 9.80 Å². The summed E-state index contributed by atoms with van der Waals surface area (Å²) in [5, 5.41) is 21.0. The van der Waals surface area contributed by atoms with E-state index in [1.807, 2.05) is 18.2 Å². The van der Waals surface area contributed by atoms with E-state index in [1.54, 1.807) is 16.1 Å². The maximum atomic E-state index is 13.1. The Morgan fingerprint density at radius 3 is 2.45 bits per heavy atom. The third kappa shape index (κ3) is 4.90. The van der Waals surface area contributed by atoms with Gasteiger partial charge in [0.25, 0.3) is 6.20 Å². The van der Waals surface area contributed by atoms with Crippen LogP contribution in [0.4, 0.5) is 0 Å². The Kier molecular flexibility index (Phi) is 6.79. The van der Waals surface area contributed by atoms with Crippen LogP contribution in [-0.2, 0) is 9.59 Å². The summed E-state index contributed by atoms with van der Waals surface area (Å²) >= 11 is 1.21. The first-order valence-corrected chi connectivity index (χ1v) is 10.8. The van der Waals surface area contributed by atoms with Crippen LogP contribution in [0.15, 0.2) is 41.6 Å². The SMILES string of the molecule is CSC(=C[N+](=O)[O-])N1CC[C@H](C(=O)N2CC[C@H](c3ccccc3)C2)[C@@H](C(=O)O)C1. The minimum atomic E-state index is -1.03. The molecule has 2 aliphatic rings. The van der Waals surface area contributed by atoms with Crippen molar-refractivity contribution in [3.63, 3.8) is 0 Å². The highest BCUT2D eigenvalue weighted by molar-refractivity contribution is 8.02. The highest BCUT2D eigenvalue weighted by Crippen LogP contribution is 2.34. The molecule has 0 unspecified atom stereocenters. The number of carbonyl (C=O) groups is 2. The molecule has 9 heteroatoms. The molecular weight excluding hydrogens is 394 g/mol. The van der Waals surface area contributed by atoms with E-state index in [0.717, 1.165) is 12.6 Å². The van der Waals surface area contributed by atoms with E-state index in [1.165, 1.54) is 17.3 Å². The molecule has 29 heavy (non-hydrogen) atoms. The van der Waals surface area contributed by atoms with Gasteiger partial charge in [0.05, 0.1) is 16.8 Å². The molecule has 3 atom stereocenters. The van der Waals surface area contributed by atoms with Gasteiger partial charge in [0.2, 0.25) is 5.91 Å². The van der Waals surface area contributed by atoms with Gasteiger partial charge >= 0.3 is 5.97 Å². The first-order chi connectivity index (χ1) is 13.9. The molecule has 0 bridgehead atoms. The molecule has 2 aliphatic heterocycles. The van der Waals surface area contributed by atoms with Crippen molar-refractivity contribution < 1.29 is 19.6 Å². The van der Waals surface area contributed by atoms with Crippen molar-refractivity contribution in [1.29, 1.82) is 0 Å². The molecule has 2 fully saturated rings. The molecule has 8 nitrogen and oxygen atoms in total. The van der Waals surface area contributed by atoms with E-state index in [2.05, 4.69) is 12.1 Å². The van der Waals surface area contributed by atoms with Crippen LogP contribution in [0.2, 0.25) is 0 Å². The predicted molar refractivity (Wildman–Crippen MR) is 110 cm³/mol. The number of hydrogen-bond acceptors (Lipinski definition) is 6. The Balaban J connectivity index is 1.69. The highest BCUT2D eigenvalue weighted by Gasteiger charge is 2.42. The summed E-state index contributed by atoms with van der Waals surface area (Å²) in [5.74, 6) is -2.35. The maximum Gasteiger partial charge on any atom is 0.309 e. The third-order valence-electron chi connectivity index (χ3n) is 5.75.